The van der Waals surface area contributed by atoms with E-state index < -0.39 is 11.3 Å². The molecule has 1 saturated heterocycles. The number of para-hydroxylation sites is 1. The van der Waals surface area contributed by atoms with Crippen molar-refractivity contribution < 1.29 is 14.7 Å². The number of thioether (sulfide) groups is 1. The molecule has 5 rings (SSSR count). The Kier molecular flexibility index (Phi) is 4.53. The van der Waals surface area contributed by atoms with Crippen LogP contribution >= 0.6 is 34.7 Å². The van der Waals surface area contributed by atoms with Gasteiger partial charge in [-0.05, 0) is 30.3 Å². The molecule has 2 atom stereocenters. The van der Waals surface area contributed by atoms with E-state index in [9.17, 15) is 19.5 Å². The average molecular weight is 459 g/mol. The van der Waals surface area contributed by atoms with E-state index in [1.807, 2.05) is 0 Å². The van der Waals surface area contributed by atoms with Gasteiger partial charge in [0.15, 0.2) is 0 Å². The van der Waals surface area contributed by atoms with Gasteiger partial charge in [-0.25, -0.2) is 4.90 Å². The summed E-state index contributed by atoms with van der Waals surface area (Å²) >= 11 is 8.35. The zero-order valence-electron chi connectivity index (χ0n) is 15.4. The van der Waals surface area contributed by atoms with Crippen molar-refractivity contribution in [2.24, 2.45) is 5.41 Å². The molecule has 30 heavy (non-hydrogen) atoms. The highest BCUT2D eigenvalue weighted by Crippen LogP contribution is 2.58. The number of carbonyl (C=O) groups excluding carboxylic acids is 2. The van der Waals surface area contributed by atoms with Crippen LogP contribution in [0.4, 0.5) is 5.69 Å². The number of thiazole rings is 1. The molecule has 2 aromatic carbocycles. The number of aromatic amines is 1. The molecule has 2 aliphatic heterocycles. The molecule has 1 spiro atoms. The van der Waals surface area contributed by atoms with Crippen molar-refractivity contribution in [3.8, 4) is 5.75 Å². The Labute approximate surface area is 184 Å². The highest BCUT2D eigenvalue weighted by Gasteiger charge is 2.60. The summed E-state index contributed by atoms with van der Waals surface area (Å²) < 4.78 is 0. The number of fused-ring (bicyclic) bond motifs is 1. The number of nitrogens with one attached hydrogen (secondary N) is 1. The first kappa shape index (κ1) is 19.4. The Morgan fingerprint density at radius 1 is 1.10 bits per heavy atom. The van der Waals surface area contributed by atoms with Crippen LogP contribution in [0.25, 0.3) is 0 Å². The van der Waals surface area contributed by atoms with Gasteiger partial charge in [-0.3, -0.25) is 14.4 Å². The van der Waals surface area contributed by atoms with Gasteiger partial charge in [0, 0.05) is 33.6 Å². The maximum Gasteiger partial charge on any atom is 0.305 e. The number of rotatable bonds is 2. The molecule has 1 fully saturated rings. The van der Waals surface area contributed by atoms with E-state index in [1.54, 1.807) is 48.5 Å². The summed E-state index contributed by atoms with van der Waals surface area (Å²) in [7, 11) is 0. The molecule has 3 heterocycles. The van der Waals surface area contributed by atoms with Crippen LogP contribution in [0.1, 0.15) is 22.8 Å². The zero-order valence-corrected chi connectivity index (χ0v) is 17.8. The third-order valence-corrected chi connectivity index (χ3v) is 8.21. The van der Waals surface area contributed by atoms with Gasteiger partial charge in [-0.1, -0.05) is 41.1 Å². The fourth-order valence-electron chi connectivity index (χ4n) is 4.28. The number of imide groups is 1. The van der Waals surface area contributed by atoms with Gasteiger partial charge in [-0.15, -0.1) is 11.8 Å². The molecule has 152 valence electrons. The quantitative estimate of drug-likeness (QED) is 0.567. The Hall–Kier alpha value is -2.55. The number of benzene rings is 2. The highest BCUT2D eigenvalue weighted by atomic mass is 35.5. The first-order valence-electron chi connectivity index (χ1n) is 9.17. The summed E-state index contributed by atoms with van der Waals surface area (Å²) in [5, 5.41) is 11.8. The molecular formula is C21H15ClN2O4S2. The molecule has 0 bridgehead atoms. The van der Waals surface area contributed by atoms with E-state index in [1.165, 1.54) is 16.7 Å². The summed E-state index contributed by atoms with van der Waals surface area (Å²) in [5.74, 6) is -0.893. The Bertz CT molecular complexity index is 1240. The van der Waals surface area contributed by atoms with E-state index >= 15 is 0 Å². The van der Waals surface area contributed by atoms with E-state index in [-0.39, 0.29) is 28.9 Å². The van der Waals surface area contributed by atoms with Crippen molar-refractivity contribution >= 4 is 52.2 Å². The zero-order chi connectivity index (χ0) is 21.0. The number of anilines is 1. The molecule has 2 N–H and O–H groups in total. The van der Waals surface area contributed by atoms with Gasteiger partial charge < -0.3 is 10.1 Å². The van der Waals surface area contributed by atoms with Crippen molar-refractivity contribution in [1.29, 1.82) is 0 Å². The van der Waals surface area contributed by atoms with Crippen LogP contribution in [0.15, 0.2) is 58.4 Å². The van der Waals surface area contributed by atoms with Gasteiger partial charge in [0.1, 0.15) is 5.75 Å². The number of aromatic nitrogens is 1. The lowest BCUT2D eigenvalue weighted by molar-refractivity contribution is -0.125. The number of aromatic hydroxyl groups is 1. The summed E-state index contributed by atoms with van der Waals surface area (Å²) in [6.07, 6.45) is -0.00795. The molecule has 0 radical (unpaired) electrons. The SMILES string of the molecule is O=C1C[C@@]2(CSc3[nH]c(=O)sc3[C@@H]2c2ccccc2O)C(=O)N1c1ccc(Cl)cc1. The van der Waals surface area contributed by atoms with Crippen LogP contribution in [0.2, 0.25) is 5.02 Å². The third-order valence-electron chi connectivity index (χ3n) is 5.61. The van der Waals surface area contributed by atoms with Crippen LogP contribution in [0, 0.1) is 5.41 Å². The lowest BCUT2D eigenvalue weighted by atomic mass is 9.70. The van der Waals surface area contributed by atoms with Crippen LogP contribution in [0.5, 0.6) is 5.75 Å². The standard InChI is InChI=1S/C21H15ClN2O4S2/c22-11-5-7-12(8-6-11)24-15(26)9-21(19(24)27)10-29-18-17(30-20(28)23-18)16(21)13-3-1-2-4-14(13)25/h1-8,16,25H,9-10H2,(H,23,28)/t16-,21-/m0/s1. The number of nitrogens with zero attached hydrogens (tertiary/aromatic N) is 1. The van der Waals surface area contributed by atoms with Crippen LogP contribution in [0.3, 0.4) is 0 Å². The van der Waals surface area contributed by atoms with E-state index in [4.69, 9.17) is 11.6 Å². The van der Waals surface area contributed by atoms with Crippen LogP contribution in [-0.4, -0.2) is 27.7 Å². The third kappa shape index (κ3) is 2.82. The van der Waals surface area contributed by atoms with E-state index in [0.717, 1.165) is 11.3 Å². The van der Waals surface area contributed by atoms with Crippen LogP contribution < -0.4 is 9.77 Å². The summed E-state index contributed by atoms with van der Waals surface area (Å²) in [5.41, 5.74) is -0.105. The molecule has 1 aromatic heterocycles. The number of hydrogen-bond donors (Lipinski definition) is 2. The van der Waals surface area contributed by atoms with Gasteiger partial charge in [-0.2, -0.15) is 0 Å². The fourth-order valence-corrected chi connectivity index (χ4v) is 6.96. The number of halogens is 1. The largest absolute Gasteiger partial charge is 0.508 e. The van der Waals surface area contributed by atoms with Gasteiger partial charge >= 0.3 is 4.87 Å². The number of phenolic OH excluding ortho intramolecular Hbond substituents is 1. The normalized spacial score (nSPS) is 23.2. The van der Waals surface area contributed by atoms with Crippen molar-refractivity contribution in [3.63, 3.8) is 0 Å². The number of phenols is 1. The Morgan fingerprint density at radius 3 is 2.57 bits per heavy atom. The number of H-pyrrole nitrogens is 1. The topological polar surface area (TPSA) is 90.5 Å². The monoisotopic (exact) mass is 458 g/mol. The smallest absolute Gasteiger partial charge is 0.305 e. The molecule has 0 saturated carbocycles. The number of amides is 2. The molecule has 2 amide bonds. The first-order valence-corrected chi connectivity index (χ1v) is 11.4. The second kappa shape index (κ2) is 7.01. The number of hydrogen-bond acceptors (Lipinski definition) is 6. The van der Waals surface area contributed by atoms with Gasteiger partial charge in [0.2, 0.25) is 11.8 Å². The van der Waals surface area contributed by atoms with Crippen molar-refractivity contribution in [2.45, 2.75) is 17.4 Å². The molecule has 2 aliphatic rings. The summed E-state index contributed by atoms with van der Waals surface area (Å²) in [6, 6.07) is 13.3. The molecule has 0 unspecified atom stereocenters. The fraction of sp³-hybridized carbons (Fsp3) is 0.190. The molecular weight excluding hydrogens is 444 g/mol. The maximum atomic E-state index is 13.8. The minimum Gasteiger partial charge on any atom is -0.508 e. The number of carbonyl (C=O) groups is 2. The van der Waals surface area contributed by atoms with Crippen molar-refractivity contribution in [1.82, 2.24) is 4.98 Å². The molecule has 3 aromatic rings. The van der Waals surface area contributed by atoms with Crippen molar-refractivity contribution in [3.05, 3.63) is 73.7 Å². The van der Waals surface area contributed by atoms with Crippen LogP contribution in [-0.2, 0) is 9.59 Å². The van der Waals surface area contributed by atoms with Gasteiger partial charge in [0.25, 0.3) is 0 Å². The van der Waals surface area contributed by atoms with Gasteiger partial charge in [0.05, 0.1) is 16.1 Å². The Balaban J connectivity index is 1.69. The summed E-state index contributed by atoms with van der Waals surface area (Å²) in [4.78, 5) is 43.4. The van der Waals surface area contributed by atoms with Crippen molar-refractivity contribution in [2.75, 3.05) is 10.7 Å². The second-order valence-electron chi connectivity index (χ2n) is 7.33. The maximum absolute atomic E-state index is 13.8. The molecule has 0 aliphatic carbocycles. The Morgan fingerprint density at radius 2 is 1.83 bits per heavy atom. The van der Waals surface area contributed by atoms with E-state index in [2.05, 4.69) is 4.98 Å². The summed E-state index contributed by atoms with van der Waals surface area (Å²) in [6.45, 7) is 0. The predicted molar refractivity (Wildman–Crippen MR) is 117 cm³/mol. The first-order chi connectivity index (χ1) is 14.4. The predicted octanol–water partition coefficient (Wildman–Crippen LogP) is 3.98. The lowest BCUT2D eigenvalue weighted by Gasteiger charge is -2.38. The minimum absolute atomic E-state index is 0.00795. The highest BCUT2D eigenvalue weighted by molar-refractivity contribution is 7.99. The average Bonchev–Trinajstić information content (AvgIpc) is 3.21. The molecule has 6 nitrogen and oxygen atoms in total. The minimum atomic E-state index is -1.10. The van der Waals surface area contributed by atoms with E-state index in [0.29, 0.717) is 31.9 Å². The lowest BCUT2D eigenvalue weighted by Crippen LogP contribution is -2.43. The second-order valence-corrected chi connectivity index (χ2v) is 9.77. The molecule has 9 heteroatoms.